The van der Waals surface area contributed by atoms with E-state index in [0.29, 0.717) is 41.4 Å². The van der Waals surface area contributed by atoms with E-state index in [-0.39, 0.29) is 5.78 Å². The van der Waals surface area contributed by atoms with Crippen LogP contribution in [0, 0.1) is 0 Å². The molecule has 6 heteroatoms. The summed E-state index contributed by atoms with van der Waals surface area (Å²) in [4.78, 5) is 16.8. The molecular weight excluding hydrogens is 258 g/mol. The van der Waals surface area contributed by atoms with Gasteiger partial charge in [-0.25, -0.2) is 4.98 Å². The Kier molecular flexibility index (Phi) is 3.08. The number of rotatable bonds is 3. The van der Waals surface area contributed by atoms with Crippen LogP contribution < -0.4 is 0 Å². The molecule has 0 radical (unpaired) electrons. The summed E-state index contributed by atoms with van der Waals surface area (Å²) >= 11 is 0. The number of hydrogen-bond donors (Lipinski definition) is 1. The lowest BCUT2D eigenvalue weighted by atomic mass is 9.89. The summed E-state index contributed by atoms with van der Waals surface area (Å²) in [5, 5.41) is 12.6. The Labute approximate surface area is 115 Å². The Morgan fingerprint density at radius 1 is 1.35 bits per heavy atom. The van der Waals surface area contributed by atoms with Gasteiger partial charge in [-0.1, -0.05) is 29.4 Å². The van der Waals surface area contributed by atoms with Gasteiger partial charge < -0.3 is 14.5 Å². The number of methoxy groups -OCH3 is 1. The number of fused-ring (bicyclic) bond motifs is 2. The number of carbonyl (C=O) groups is 1. The molecule has 20 heavy (non-hydrogen) atoms. The Hall–Kier alpha value is -2.47. The number of ether oxygens (including phenoxy) is 1. The van der Waals surface area contributed by atoms with E-state index in [0.717, 1.165) is 0 Å². The largest absolute Gasteiger partial charge is 0.410 e. The van der Waals surface area contributed by atoms with E-state index in [2.05, 4.69) is 10.1 Å². The molecular formula is C14H13N3O3. The van der Waals surface area contributed by atoms with Crippen LogP contribution in [0.4, 0.5) is 0 Å². The van der Waals surface area contributed by atoms with Gasteiger partial charge in [0.1, 0.15) is 17.1 Å². The fraction of sp³-hybridized carbons (Fsp3) is 0.214. The zero-order valence-electron chi connectivity index (χ0n) is 10.9. The average molecular weight is 271 g/mol. The molecule has 0 saturated carbocycles. The number of imidazole rings is 1. The van der Waals surface area contributed by atoms with Crippen LogP contribution in [-0.4, -0.2) is 40.0 Å². The van der Waals surface area contributed by atoms with Crippen LogP contribution in [0.1, 0.15) is 27.3 Å². The Bertz CT molecular complexity index is 703. The van der Waals surface area contributed by atoms with Crippen LogP contribution in [0.3, 0.4) is 0 Å². The number of nitrogens with zero attached hydrogens (tertiary/aromatic N) is 3. The third-order valence-electron chi connectivity index (χ3n) is 3.34. The first-order valence-corrected chi connectivity index (χ1v) is 6.18. The molecule has 1 aromatic heterocycles. The minimum absolute atomic E-state index is 0.114. The van der Waals surface area contributed by atoms with E-state index in [1.165, 1.54) is 0 Å². The molecule has 0 spiro atoms. The molecule has 0 saturated heterocycles. The molecule has 1 N–H and O–H groups in total. The summed E-state index contributed by atoms with van der Waals surface area (Å²) in [7, 11) is 1.60. The lowest BCUT2D eigenvalue weighted by Gasteiger charge is -2.17. The van der Waals surface area contributed by atoms with Crippen molar-refractivity contribution in [2.45, 2.75) is 6.54 Å². The Morgan fingerprint density at radius 3 is 2.80 bits per heavy atom. The Balaban J connectivity index is 2.17. The molecule has 1 aromatic carbocycles. The monoisotopic (exact) mass is 271 g/mol. The van der Waals surface area contributed by atoms with E-state index in [1.807, 2.05) is 0 Å². The Morgan fingerprint density at radius 2 is 2.10 bits per heavy atom. The quantitative estimate of drug-likeness (QED) is 0.575. The highest BCUT2D eigenvalue weighted by Gasteiger charge is 2.32. The molecule has 102 valence electrons. The van der Waals surface area contributed by atoms with Crippen molar-refractivity contribution in [2.24, 2.45) is 5.16 Å². The van der Waals surface area contributed by atoms with Crippen LogP contribution in [0.25, 0.3) is 0 Å². The molecule has 0 atom stereocenters. The lowest BCUT2D eigenvalue weighted by molar-refractivity contribution is 0.102. The minimum atomic E-state index is -0.114. The summed E-state index contributed by atoms with van der Waals surface area (Å²) in [6, 6.07) is 7.05. The minimum Gasteiger partial charge on any atom is -0.410 e. The van der Waals surface area contributed by atoms with Gasteiger partial charge in [-0.05, 0) is 0 Å². The molecule has 0 fully saturated rings. The standard InChI is InChI=1S/C14H13N3O3/c1-20-7-6-17-8-15-12-11(16-19)9-4-2-3-5-10(9)14(18)13(12)17/h2-5,8,19H,6-7H2,1H3. The van der Waals surface area contributed by atoms with Gasteiger partial charge in [0.2, 0.25) is 5.78 Å². The average Bonchev–Trinajstić information content (AvgIpc) is 2.90. The normalized spacial score (nSPS) is 15.2. The fourth-order valence-corrected chi connectivity index (χ4v) is 2.40. The van der Waals surface area contributed by atoms with Gasteiger partial charge in [0.25, 0.3) is 0 Å². The SMILES string of the molecule is COCCn1cnc2c1C(=O)c1ccccc1C2=NO. The molecule has 6 nitrogen and oxygen atoms in total. The molecule has 0 amide bonds. The first-order valence-electron chi connectivity index (χ1n) is 6.18. The first kappa shape index (κ1) is 12.6. The van der Waals surface area contributed by atoms with Crippen LogP contribution >= 0.6 is 0 Å². The second-order valence-corrected chi connectivity index (χ2v) is 4.45. The predicted octanol–water partition coefficient (Wildman–Crippen LogP) is 1.30. The van der Waals surface area contributed by atoms with Crippen LogP contribution in [0.15, 0.2) is 35.7 Å². The van der Waals surface area contributed by atoms with Crippen molar-refractivity contribution in [1.82, 2.24) is 9.55 Å². The summed E-state index contributed by atoms with van der Waals surface area (Å²) in [6.07, 6.45) is 1.57. The number of aromatic nitrogens is 2. The number of hydrogen-bond acceptors (Lipinski definition) is 5. The van der Waals surface area contributed by atoms with Gasteiger partial charge in [0.15, 0.2) is 0 Å². The summed E-state index contributed by atoms with van der Waals surface area (Å²) in [5.74, 6) is -0.114. The highest BCUT2D eigenvalue weighted by molar-refractivity contribution is 6.28. The molecule has 1 heterocycles. The van der Waals surface area contributed by atoms with Crippen molar-refractivity contribution < 1.29 is 14.7 Å². The van der Waals surface area contributed by atoms with Crippen molar-refractivity contribution in [3.8, 4) is 0 Å². The molecule has 0 unspecified atom stereocenters. The van der Waals surface area contributed by atoms with Gasteiger partial charge in [0.05, 0.1) is 12.9 Å². The number of carbonyl (C=O) groups excluding carboxylic acids is 1. The highest BCUT2D eigenvalue weighted by Crippen LogP contribution is 2.26. The van der Waals surface area contributed by atoms with Crippen LogP contribution in [-0.2, 0) is 11.3 Å². The van der Waals surface area contributed by atoms with E-state index < -0.39 is 0 Å². The van der Waals surface area contributed by atoms with E-state index in [4.69, 9.17) is 4.74 Å². The second-order valence-electron chi connectivity index (χ2n) is 4.45. The second kappa shape index (κ2) is 4.90. The molecule has 1 aliphatic carbocycles. The topological polar surface area (TPSA) is 76.7 Å². The zero-order valence-corrected chi connectivity index (χ0v) is 10.9. The number of oxime groups is 1. The van der Waals surface area contributed by atoms with Crippen molar-refractivity contribution in [3.05, 3.63) is 53.1 Å². The number of ketones is 1. The van der Waals surface area contributed by atoms with Gasteiger partial charge >= 0.3 is 0 Å². The summed E-state index contributed by atoms with van der Waals surface area (Å²) < 4.78 is 6.75. The summed E-state index contributed by atoms with van der Waals surface area (Å²) in [5.41, 5.74) is 2.30. The van der Waals surface area contributed by atoms with Crippen molar-refractivity contribution in [1.29, 1.82) is 0 Å². The summed E-state index contributed by atoms with van der Waals surface area (Å²) in [6.45, 7) is 0.995. The molecule has 2 aromatic rings. The fourth-order valence-electron chi connectivity index (χ4n) is 2.40. The first-order chi connectivity index (χ1) is 9.77. The third-order valence-corrected chi connectivity index (χ3v) is 3.34. The van der Waals surface area contributed by atoms with E-state index in [1.54, 1.807) is 42.3 Å². The van der Waals surface area contributed by atoms with Gasteiger partial charge in [-0.15, -0.1) is 0 Å². The maximum Gasteiger partial charge on any atom is 0.212 e. The van der Waals surface area contributed by atoms with E-state index in [9.17, 15) is 10.0 Å². The lowest BCUT2D eigenvalue weighted by Crippen LogP contribution is -2.24. The third kappa shape index (κ3) is 1.73. The molecule has 1 aliphatic rings. The van der Waals surface area contributed by atoms with Gasteiger partial charge in [-0.2, -0.15) is 0 Å². The van der Waals surface area contributed by atoms with Crippen molar-refractivity contribution >= 4 is 11.5 Å². The van der Waals surface area contributed by atoms with E-state index >= 15 is 0 Å². The van der Waals surface area contributed by atoms with Crippen molar-refractivity contribution in [3.63, 3.8) is 0 Å². The number of benzene rings is 1. The van der Waals surface area contributed by atoms with Crippen LogP contribution in [0.2, 0.25) is 0 Å². The molecule has 0 aliphatic heterocycles. The van der Waals surface area contributed by atoms with Gasteiger partial charge in [0, 0.05) is 24.8 Å². The van der Waals surface area contributed by atoms with Gasteiger partial charge in [-0.3, -0.25) is 4.79 Å². The zero-order chi connectivity index (χ0) is 14.1. The van der Waals surface area contributed by atoms with Crippen molar-refractivity contribution in [2.75, 3.05) is 13.7 Å². The predicted molar refractivity (Wildman–Crippen MR) is 71.4 cm³/mol. The molecule has 3 rings (SSSR count). The molecule has 0 bridgehead atoms. The maximum absolute atomic E-state index is 12.6. The van der Waals surface area contributed by atoms with Crippen LogP contribution in [0.5, 0.6) is 0 Å². The smallest absolute Gasteiger partial charge is 0.212 e. The highest BCUT2D eigenvalue weighted by atomic mass is 16.5. The maximum atomic E-state index is 12.6.